The molecule has 1 aliphatic carbocycles. The third-order valence-corrected chi connectivity index (χ3v) is 5.58. The van der Waals surface area contributed by atoms with Crippen LogP contribution in [0.1, 0.15) is 56.3 Å². The zero-order valence-corrected chi connectivity index (χ0v) is 17.4. The van der Waals surface area contributed by atoms with Crippen LogP contribution in [0.25, 0.3) is 10.9 Å². The summed E-state index contributed by atoms with van der Waals surface area (Å²) in [5.74, 6) is 0.762. The van der Waals surface area contributed by atoms with E-state index in [9.17, 15) is 9.59 Å². The van der Waals surface area contributed by atoms with Gasteiger partial charge in [-0.2, -0.15) is 9.78 Å². The molecule has 3 aromatic rings. The molecule has 0 radical (unpaired) electrons. The summed E-state index contributed by atoms with van der Waals surface area (Å²) in [5.41, 5.74) is 1.20. The van der Waals surface area contributed by atoms with Gasteiger partial charge in [-0.25, -0.2) is 4.98 Å². The van der Waals surface area contributed by atoms with Crippen molar-refractivity contribution in [2.75, 3.05) is 0 Å². The van der Waals surface area contributed by atoms with Crippen molar-refractivity contribution in [3.63, 3.8) is 0 Å². The van der Waals surface area contributed by atoms with Crippen LogP contribution in [-0.4, -0.2) is 21.8 Å². The number of benzene rings is 2. The molecule has 1 saturated carbocycles. The fraction of sp³-hybridized carbons (Fsp3) is 0.304. The van der Waals surface area contributed by atoms with E-state index in [1.54, 1.807) is 30.5 Å². The summed E-state index contributed by atoms with van der Waals surface area (Å²) >= 11 is 6.20. The molecule has 1 aliphatic rings. The van der Waals surface area contributed by atoms with Gasteiger partial charge in [0, 0.05) is 12.8 Å². The second-order valence-corrected chi connectivity index (χ2v) is 7.87. The van der Waals surface area contributed by atoms with Crippen LogP contribution in [0.2, 0.25) is 5.02 Å². The highest BCUT2D eigenvalue weighted by Gasteiger charge is 2.22. The second kappa shape index (κ2) is 8.79. The van der Waals surface area contributed by atoms with E-state index in [2.05, 4.69) is 5.10 Å². The van der Waals surface area contributed by atoms with E-state index in [1.807, 2.05) is 18.2 Å². The molecule has 154 valence electrons. The summed E-state index contributed by atoms with van der Waals surface area (Å²) in [6.45, 7) is 1.32. The van der Waals surface area contributed by atoms with Crippen molar-refractivity contribution in [3.05, 3.63) is 69.2 Å². The molecule has 0 saturated heterocycles. The molecule has 0 amide bonds. The van der Waals surface area contributed by atoms with Crippen LogP contribution in [0, 0.1) is 0 Å². The summed E-state index contributed by atoms with van der Waals surface area (Å²) in [7, 11) is 0. The molecule has 30 heavy (non-hydrogen) atoms. The second-order valence-electron chi connectivity index (χ2n) is 7.47. The zero-order chi connectivity index (χ0) is 21.1. The zero-order valence-electron chi connectivity index (χ0n) is 16.7. The lowest BCUT2D eigenvalue weighted by molar-refractivity contribution is -0.131. The summed E-state index contributed by atoms with van der Waals surface area (Å²) in [4.78, 5) is 29.1. The molecule has 4 rings (SSSR count). The molecular formula is C23H22ClN3O3. The number of carbonyl (C=O) groups excluding carboxylic acids is 1. The number of hydrogen-bond acceptors (Lipinski definition) is 5. The molecule has 0 atom stereocenters. The van der Waals surface area contributed by atoms with E-state index in [4.69, 9.17) is 21.3 Å². The number of esters is 1. The number of halogens is 1. The third kappa shape index (κ3) is 4.28. The van der Waals surface area contributed by atoms with Crippen molar-refractivity contribution < 1.29 is 9.53 Å². The maximum absolute atomic E-state index is 13.2. The van der Waals surface area contributed by atoms with Gasteiger partial charge < -0.3 is 4.74 Å². The lowest BCUT2D eigenvalue weighted by Gasteiger charge is -2.22. The highest BCUT2D eigenvalue weighted by molar-refractivity contribution is 6.32. The number of aromatic nitrogens is 2. The number of para-hydroxylation sites is 1. The number of ether oxygens (including phenoxy) is 1. The van der Waals surface area contributed by atoms with E-state index in [0.29, 0.717) is 27.3 Å². The molecule has 0 unspecified atom stereocenters. The predicted octanol–water partition coefficient (Wildman–Crippen LogP) is 4.91. The Bertz CT molecular complexity index is 1180. The summed E-state index contributed by atoms with van der Waals surface area (Å²) in [6, 6.07) is 12.3. The minimum absolute atomic E-state index is 0.181. The van der Waals surface area contributed by atoms with Crippen molar-refractivity contribution in [2.24, 2.45) is 5.10 Å². The Kier molecular flexibility index (Phi) is 5.95. The van der Waals surface area contributed by atoms with Gasteiger partial charge in [-0.05, 0) is 48.7 Å². The molecule has 0 aliphatic heterocycles. The predicted molar refractivity (Wildman–Crippen MR) is 118 cm³/mol. The number of rotatable bonds is 4. The summed E-state index contributed by atoms with van der Waals surface area (Å²) in [5, 5.41) is 5.32. The first-order valence-corrected chi connectivity index (χ1v) is 10.4. The lowest BCUT2D eigenvalue weighted by Crippen LogP contribution is -2.25. The van der Waals surface area contributed by atoms with Gasteiger partial charge in [-0.3, -0.25) is 9.59 Å². The minimum Gasteiger partial charge on any atom is -0.425 e. The molecule has 1 aromatic heterocycles. The van der Waals surface area contributed by atoms with Crippen molar-refractivity contribution >= 4 is 34.7 Å². The topological polar surface area (TPSA) is 73.5 Å². The molecule has 6 nitrogen and oxygen atoms in total. The molecule has 0 bridgehead atoms. The maximum atomic E-state index is 13.2. The third-order valence-electron chi connectivity index (χ3n) is 5.28. The van der Waals surface area contributed by atoms with Crippen molar-refractivity contribution in [3.8, 4) is 5.75 Å². The van der Waals surface area contributed by atoms with E-state index < -0.39 is 5.97 Å². The monoisotopic (exact) mass is 423 g/mol. The van der Waals surface area contributed by atoms with Gasteiger partial charge in [0.05, 0.1) is 22.1 Å². The Morgan fingerprint density at radius 2 is 1.97 bits per heavy atom. The SMILES string of the molecule is CC(=O)Oc1ccc(C=Nn2c(C3CCCCC3)nc3ccccc3c2=O)cc1Cl. The van der Waals surface area contributed by atoms with Crippen LogP contribution in [0.4, 0.5) is 0 Å². The first-order valence-electron chi connectivity index (χ1n) is 10.1. The average Bonchev–Trinajstić information content (AvgIpc) is 2.75. The van der Waals surface area contributed by atoms with Crippen LogP contribution in [0.15, 0.2) is 52.4 Å². The van der Waals surface area contributed by atoms with Crippen LogP contribution in [0.3, 0.4) is 0 Å². The van der Waals surface area contributed by atoms with Gasteiger partial charge in [0.2, 0.25) is 0 Å². The minimum atomic E-state index is -0.441. The highest BCUT2D eigenvalue weighted by atomic mass is 35.5. The maximum Gasteiger partial charge on any atom is 0.308 e. The molecule has 2 aromatic carbocycles. The summed E-state index contributed by atoms with van der Waals surface area (Å²) < 4.78 is 6.47. The smallest absolute Gasteiger partial charge is 0.308 e. The highest BCUT2D eigenvalue weighted by Crippen LogP contribution is 2.32. The Labute approximate surface area is 179 Å². The fourth-order valence-electron chi connectivity index (χ4n) is 3.84. The van der Waals surface area contributed by atoms with E-state index in [0.717, 1.165) is 25.7 Å². The molecule has 0 N–H and O–H groups in total. The van der Waals surface area contributed by atoms with Crippen LogP contribution in [0.5, 0.6) is 5.75 Å². The van der Waals surface area contributed by atoms with Crippen LogP contribution < -0.4 is 10.3 Å². The number of hydrogen-bond donors (Lipinski definition) is 0. The molecule has 0 spiro atoms. The van der Waals surface area contributed by atoms with Crippen molar-refractivity contribution in [1.29, 1.82) is 0 Å². The molecular weight excluding hydrogens is 402 g/mol. The van der Waals surface area contributed by atoms with Gasteiger partial charge in [0.15, 0.2) is 0 Å². The number of nitrogens with zero attached hydrogens (tertiary/aromatic N) is 3. The van der Waals surface area contributed by atoms with Crippen molar-refractivity contribution in [1.82, 2.24) is 9.66 Å². The lowest BCUT2D eigenvalue weighted by atomic mass is 9.88. The van der Waals surface area contributed by atoms with E-state index in [1.165, 1.54) is 18.0 Å². The van der Waals surface area contributed by atoms with Gasteiger partial charge in [0.1, 0.15) is 11.6 Å². The van der Waals surface area contributed by atoms with Crippen LogP contribution >= 0.6 is 11.6 Å². The Balaban J connectivity index is 1.75. The normalized spacial score (nSPS) is 15.0. The standard InChI is InChI=1S/C23H22ClN3O3/c1-15(28)30-21-12-11-16(13-19(21)24)14-25-27-22(17-7-3-2-4-8-17)26-20-10-6-5-9-18(20)23(27)29/h5-6,9-14,17H,2-4,7-8H2,1H3. The number of carbonyl (C=O) groups is 1. The molecule has 1 heterocycles. The van der Waals surface area contributed by atoms with Gasteiger partial charge in [0.25, 0.3) is 5.56 Å². The summed E-state index contributed by atoms with van der Waals surface area (Å²) in [6.07, 6.45) is 7.05. The van der Waals surface area contributed by atoms with Crippen molar-refractivity contribution in [2.45, 2.75) is 44.9 Å². The van der Waals surface area contributed by atoms with E-state index >= 15 is 0 Å². The Morgan fingerprint density at radius 3 is 2.70 bits per heavy atom. The fourth-order valence-corrected chi connectivity index (χ4v) is 4.06. The van der Waals surface area contributed by atoms with Crippen LogP contribution in [-0.2, 0) is 4.79 Å². The Hall–Kier alpha value is -2.99. The van der Waals surface area contributed by atoms with Gasteiger partial charge in [-0.1, -0.05) is 43.0 Å². The van der Waals surface area contributed by atoms with Gasteiger partial charge in [-0.15, -0.1) is 0 Å². The molecule has 7 heteroatoms. The Morgan fingerprint density at radius 1 is 1.20 bits per heavy atom. The first kappa shape index (κ1) is 20.3. The quantitative estimate of drug-likeness (QED) is 0.339. The average molecular weight is 424 g/mol. The van der Waals surface area contributed by atoms with E-state index in [-0.39, 0.29) is 17.2 Å². The largest absolute Gasteiger partial charge is 0.425 e. The number of fused-ring (bicyclic) bond motifs is 1. The molecule has 1 fully saturated rings. The van der Waals surface area contributed by atoms with Gasteiger partial charge >= 0.3 is 5.97 Å². The first-order chi connectivity index (χ1) is 14.5.